The van der Waals surface area contributed by atoms with E-state index in [1.165, 1.54) is 16.1 Å². The summed E-state index contributed by atoms with van der Waals surface area (Å²) in [7, 11) is 0. The lowest BCUT2D eigenvalue weighted by Crippen LogP contribution is -2.25. The molecule has 0 fully saturated rings. The molecular formula is C11H13N. The highest BCUT2D eigenvalue weighted by molar-refractivity contribution is 5.35. The minimum Gasteiger partial charge on any atom is -0.281 e. The first kappa shape index (κ1) is 7.53. The van der Waals surface area contributed by atoms with Crippen LogP contribution in [0.15, 0.2) is 23.2 Å². The van der Waals surface area contributed by atoms with Crippen molar-refractivity contribution in [3.05, 3.63) is 34.3 Å². The second kappa shape index (κ2) is 2.74. The van der Waals surface area contributed by atoms with Crippen LogP contribution in [0.25, 0.3) is 6.08 Å². The topological polar surface area (TPSA) is 12.4 Å². The molecule has 0 N–H and O–H groups in total. The van der Waals surface area contributed by atoms with Crippen molar-refractivity contribution in [2.45, 2.75) is 19.8 Å². The number of fused-ring (bicyclic) bond motifs is 1. The SMILES string of the molecule is CC(C)c1cccc2c1=CCN=2. The van der Waals surface area contributed by atoms with Gasteiger partial charge in [0.1, 0.15) is 0 Å². The monoisotopic (exact) mass is 159 g/mol. The van der Waals surface area contributed by atoms with Crippen LogP contribution < -0.4 is 10.6 Å². The third-order valence-corrected chi connectivity index (χ3v) is 2.30. The molecule has 1 heteroatoms. The van der Waals surface area contributed by atoms with Gasteiger partial charge < -0.3 is 0 Å². The number of nitrogens with zero attached hydrogens (tertiary/aromatic N) is 1. The van der Waals surface area contributed by atoms with E-state index in [-0.39, 0.29) is 0 Å². The van der Waals surface area contributed by atoms with Gasteiger partial charge in [0.15, 0.2) is 0 Å². The molecule has 0 bridgehead atoms. The van der Waals surface area contributed by atoms with Crippen molar-refractivity contribution >= 4 is 6.08 Å². The summed E-state index contributed by atoms with van der Waals surface area (Å²) in [5, 5.41) is 2.52. The van der Waals surface area contributed by atoms with Crippen molar-refractivity contribution in [1.29, 1.82) is 0 Å². The van der Waals surface area contributed by atoms with Crippen molar-refractivity contribution in [2.75, 3.05) is 6.54 Å². The summed E-state index contributed by atoms with van der Waals surface area (Å²) >= 11 is 0. The van der Waals surface area contributed by atoms with E-state index in [2.05, 4.69) is 43.1 Å². The average Bonchev–Trinajstić information content (AvgIpc) is 2.49. The highest BCUT2D eigenvalue weighted by Gasteiger charge is 2.03. The lowest BCUT2D eigenvalue weighted by atomic mass is 10.0. The minimum atomic E-state index is 0.601. The van der Waals surface area contributed by atoms with Gasteiger partial charge in [0, 0.05) is 5.22 Å². The molecule has 0 unspecified atom stereocenters. The molecule has 0 aromatic heterocycles. The molecule has 0 radical (unpaired) electrons. The molecule has 0 saturated heterocycles. The van der Waals surface area contributed by atoms with Gasteiger partial charge in [-0.3, -0.25) is 4.99 Å². The normalized spacial score (nSPS) is 13.9. The second-order valence-electron chi connectivity index (χ2n) is 3.48. The second-order valence-corrected chi connectivity index (χ2v) is 3.48. The molecular weight excluding hydrogens is 146 g/mol. The molecule has 1 aromatic carbocycles. The lowest BCUT2D eigenvalue weighted by Gasteiger charge is -2.04. The van der Waals surface area contributed by atoms with Crippen LogP contribution in [0, 0.1) is 0 Å². The van der Waals surface area contributed by atoms with E-state index in [0.29, 0.717) is 5.92 Å². The molecule has 0 amide bonds. The van der Waals surface area contributed by atoms with Gasteiger partial charge >= 0.3 is 0 Å². The summed E-state index contributed by atoms with van der Waals surface area (Å²) in [5.41, 5.74) is 1.42. The van der Waals surface area contributed by atoms with Gasteiger partial charge in [-0.2, -0.15) is 0 Å². The number of rotatable bonds is 1. The standard InChI is InChI=1S/C11H13N/c1-8(2)9-4-3-5-11-10(9)6-7-12-11/h3-6,8H,7H2,1-2H3. The molecule has 1 heterocycles. The molecule has 1 aliphatic heterocycles. The van der Waals surface area contributed by atoms with Gasteiger partial charge in [-0.25, -0.2) is 0 Å². The van der Waals surface area contributed by atoms with Crippen LogP contribution in [0.4, 0.5) is 0 Å². The fourth-order valence-corrected chi connectivity index (χ4v) is 1.67. The quantitative estimate of drug-likeness (QED) is 0.584. The van der Waals surface area contributed by atoms with Crippen molar-refractivity contribution in [3.63, 3.8) is 0 Å². The number of hydrogen-bond acceptors (Lipinski definition) is 1. The maximum atomic E-state index is 4.39. The van der Waals surface area contributed by atoms with Gasteiger partial charge in [0.2, 0.25) is 0 Å². The summed E-state index contributed by atoms with van der Waals surface area (Å²) in [6.07, 6.45) is 2.21. The summed E-state index contributed by atoms with van der Waals surface area (Å²) in [5.74, 6) is 0.601. The molecule has 0 atom stereocenters. The van der Waals surface area contributed by atoms with Crippen LogP contribution >= 0.6 is 0 Å². The van der Waals surface area contributed by atoms with Gasteiger partial charge in [0.25, 0.3) is 0 Å². The van der Waals surface area contributed by atoms with Crippen LogP contribution in [-0.4, -0.2) is 6.54 Å². The Kier molecular flexibility index (Phi) is 1.72. The molecule has 2 rings (SSSR count). The van der Waals surface area contributed by atoms with Crippen LogP contribution in [0.3, 0.4) is 0 Å². The van der Waals surface area contributed by atoms with Crippen molar-refractivity contribution < 1.29 is 0 Å². The third kappa shape index (κ3) is 1.06. The van der Waals surface area contributed by atoms with Crippen LogP contribution in [0.5, 0.6) is 0 Å². The third-order valence-electron chi connectivity index (χ3n) is 2.30. The van der Waals surface area contributed by atoms with Crippen LogP contribution in [0.1, 0.15) is 25.3 Å². The Labute approximate surface area is 72.5 Å². The Hall–Kier alpha value is -1.11. The van der Waals surface area contributed by atoms with Crippen molar-refractivity contribution in [1.82, 2.24) is 0 Å². The Morgan fingerprint density at radius 1 is 1.33 bits per heavy atom. The number of benzene rings is 1. The van der Waals surface area contributed by atoms with E-state index >= 15 is 0 Å². The van der Waals surface area contributed by atoms with E-state index in [1.54, 1.807) is 0 Å². The van der Waals surface area contributed by atoms with E-state index in [4.69, 9.17) is 0 Å². The van der Waals surface area contributed by atoms with Gasteiger partial charge in [-0.1, -0.05) is 32.1 Å². The summed E-state index contributed by atoms with van der Waals surface area (Å²) in [6.45, 7) is 5.31. The van der Waals surface area contributed by atoms with Crippen molar-refractivity contribution in [3.8, 4) is 0 Å². The average molecular weight is 159 g/mol. The predicted molar refractivity (Wildman–Crippen MR) is 50.6 cm³/mol. The maximum Gasteiger partial charge on any atom is 0.0650 e. The zero-order chi connectivity index (χ0) is 8.55. The molecule has 12 heavy (non-hydrogen) atoms. The first-order valence-corrected chi connectivity index (χ1v) is 4.42. The zero-order valence-corrected chi connectivity index (χ0v) is 7.54. The van der Waals surface area contributed by atoms with E-state index in [0.717, 1.165) is 6.54 Å². The molecule has 0 spiro atoms. The predicted octanol–water partition coefficient (Wildman–Crippen LogP) is 1.22. The summed E-state index contributed by atoms with van der Waals surface area (Å²) in [4.78, 5) is 4.39. The van der Waals surface area contributed by atoms with Crippen molar-refractivity contribution in [2.24, 2.45) is 4.99 Å². The van der Waals surface area contributed by atoms with Crippen LogP contribution in [-0.2, 0) is 0 Å². The zero-order valence-electron chi connectivity index (χ0n) is 7.54. The maximum absolute atomic E-state index is 4.39. The van der Waals surface area contributed by atoms with E-state index in [1.807, 2.05) is 0 Å². The van der Waals surface area contributed by atoms with E-state index < -0.39 is 0 Å². The smallest absolute Gasteiger partial charge is 0.0650 e. The highest BCUT2D eigenvalue weighted by Crippen LogP contribution is 2.07. The van der Waals surface area contributed by atoms with Gasteiger partial charge in [0.05, 0.1) is 11.9 Å². The van der Waals surface area contributed by atoms with Crippen LogP contribution in [0.2, 0.25) is 0 Å². The molecule has 0 saturated carbocycles. The fraction of sp³-hybridized carbons (Fsp3) is 0.364. The molecule has 62 valence electrons. The lowest BCUT2D eigenvalue weighted by molar-refractivity contribution is 0.856. The molecule has 1 aromatic rings. The van der Waals surface area contributed by atoms with Gasteiger partial charge in [-0.15, -0.1) is 0 Å². The minimum absolute atomic E-state index is 0.601. The summed E-state index contributed by atoms with van der Waals surface area (Å²) < 4.78 is 0. The largest absolute Gasteiger partial charge is 0.281 e. The molecule has 1 nitrogen and oxygen atoms in total. The highest BCUT2D eigenvalue weighted by atomic mass is 14.7. The van der Waals surface area contributed by atoms with Gasteiger partial charge in [-0.05, 0) is 17.5 Å². The summed E-state index contributed by atoms with van der Waals surface area (Å²) in [6, 6.07) is 6.38. The molecule has 1 aliphatic rings. The Bertz CT molecular complexity index is 402. The Balaban J connectivity index is 2.75. The first-order chi connectivity index (χ1) is 5.79. The first-order valence-electron chi connectivity index (χ1n) is 4.42. The Morgan fingerprint density at radius 3 is 2.92 bits per heavy atom. The number of hydrogen-bond donors (Lipinski definition) is 0. The fourth-order valence-electron chi connectivity index (χ4n) is 1.67. The molecule has 0 aliphatic carbocycles. The van der Waals surface area contributed by atoms with E-state index in [9.17, 15) is 0 Å². The Morgan fingerprint density at radius 2 is 2.17 bits per heavy atom.